The molecule has 1 saturated heterocycles. The van der Waals surface area contributed by atoms with Crippen LogP contribution in [-0.2, 0) is 33.7 Å². The first-order valence-corrected chi connectivity index (χ1v) is 18.2. The molecule has 6 atom stereocenters. The molecule has 6 rings (SSSR count). The molecule has 1 aliphatic heterocycles. The summed E-state index contributed by atoms with van der Waals surface area (Å²) in [5.74, 6) is -0.629. The summed E-state index contributed by atoms with van der Waals surface area (Å²) in [5.41, 5.74) is 7.03. The van der Waals surface area contributed by atoms with Crippen molar-refractivity contribution in [2.24, 2.45) is 10.8 Å². The number of rotatable bonds is 12. The van der Waals surface area contributed by atoms with E-state index in [-0.39, 0.29) is 31.8 Å². The van der Waals surface area contributed by atoms with Crippen LogP contribution in [0.5, 0.6) is 0 Å². The van der Waals surface area contributed by atoms with Gasteiger partial charge in [0, 0.05) is 37.3 Å². The summed E-state index contributed by atoms with van der Waals surface area (Å²) in [4.78, 5) is 46.9. The van der Waals surface area contributed by atoms with Gasteiger partial charge in [0.1, 0.15) is 19.1 Å². The van der Waals surface area contributed by atoms with Gasteiger partial charge < -0.3 is 25.2 Å². The van der Waals surface area contributed by atoms with Gasteiger partial charge in [-0.05, 0) is 51.8 Å². The molecule has 1 fully saturated rings. The Hall–Kier alpha value is -5.10. The van der Waals surface area contributed by atoms with Crippen LogP contribution in [0.2, 0.25) is 0 Å². The van der Waals surface area contributed by atoms with Crippen molar-refractivity contribution in [3.8, 4) is 11.1 Å². The zero-order valence-corrected chi connectivity index (χ0v) is 30.8. The minimum atomic E-state index is -1.23. The highest BCUT2D eigenvalue weighted by Gasteiger charge is 2.57. The van der Waals surface area contributed by atoms with Crippen molar-refractivity contribution >= 4 is 17.9 Å². The Labute approximate surface area is 311 Å². The zero-order chi connectivity index (χ0) is 37.8. The van der Waals surface area contributed by atoms with Crippen molar-refractivity contribution in [2.75, 3.05) is 20.2 Å². The predicted molar refractivity (Wildman–Crippen MR) is 200 cm³/mol. The Balaban J connectivity index is 1.31. The van der Waals surface area contributed by atoms with Crippen LogP contribution in [-0.4, -0.2) is 76.5 Å². The fourth-order valence-corrected chi connectivity index (χ4v) is 7.83. The van der Waals surface area contributed by atoms with Crippen LogP contribution in [0.4, 0.5) is 4.79 Å². The number of pyridine rings is 1. The molecule has 0 bridgehead atoms. The quantitative estimate of drug-likeness (QED) is 0.141. The molecule has 4 aromatic rings. The summed E-state index contributed by atoms with van der Waals surface area (Å²) in [6.45, 7) is 6.29. The van der Waals surface area contributed by atoms with E-state index in [9.17, 15) is 24.6 Å². The van der Waals surface area contributed by atoms with Crippen LogP contribution in [0, 0.1) is 10.8 Å². The summed E-state index contributed by atoms with van der Waals surface area (Å²) in [6.07, 6.45) is 1.91. The van der Waals surface area contributed by atoms with Crippen molar-refractivity contribution in [1.29, 1.82) is 0 Å². The number of benzene rings is 3. The molecule has 0 spiro atoms. The smallest absolute Gasteiger partial charge is 0.407 e. The molecule has 278 valence electrons. The van der Waals surface area contributed by atoms with E-state index in [0.717, 1.165) is 33.4 Å². The van der Waals surface area contributed by atoms with Gasteiger partial charge in [-0.25, -0.2) is 15.2 Å². The molecule has 0 radical (unpaired) electrons. The Morgan fingerprint density at radius 2 is 1.60 bits per heavy atom. The Morgan fingerprint density at radius 3 is 2.28 bits per heavy atom. The highest BCUT2D eigenvalue weighted by Crippen LogP contribution is 2.46. The molecule has 53 heavy (non-hydrogen) atoms. The number of aliphatic hydroxyl groups excluding tert-OH is 2. The lowest BCUT2D eigenvalue weighted by Crippen LogP contribution is -3.18. The van der Waals surface area contributed by atoms with Gasteiger partial charge >= 0.3 is 6.09 Å². The number of carbonyl (C=O) groups excluding carboxylic acids is 3. The van der Waals surface area contributed by atoms with Gasteiger partial charge in [0.25, 0.3) is 5.91 Å². The number of amides is 3. The van der Waals surface area contributed by atoms with E-state index in [1.54, 1.807) is 17.3 Å². The fraction of sp³-hybridized carbons (Fsp3) is 0.381. The maximum atomic E-state index is 14.8. The molecule has 11 nitrogen and oxygen atoms in total. The number of aliphatic hydroxyl groups is 2. The maximum Gasteiger partial charge on any atom is 0.407 e. The average molecular weight is 721 g/mol. The largest absolute Gasteiger partial charge is 0.453 e. The van der Waals surface area contributed by atoms with Gasteiger partial charge in [-0.2, -0.15) is 0 Å². The first kappa shape index (κ1) is 37.7. The van der Waals surface area contributed by atoms with Crippen molar-refractivity contribution in [3.05, 3.63) is 126 Å². The second-order valence-electron chi connectivity index (χ2n) is 15.3. The van der Waals surface area contributed by atoms with Crippen LogP contribution in [0.25, 0.3) is 11.1 Å². The third-order valence-corrected chi connectivity index (χ3v) is 10.7. The van der Waals surface area contributed by atoms with Crippen LogP contribution in [0.15, 0.2) is 103 Å². The number of nitrogens with zero attached hydrogens (tertiary/aromatic N) is 2. The number of ether oxygens (including phenoxy) is 1. The normalized spacial score (nSPS) is 22.2. The Bertz CT molecular complexity index is 1880. The predicted octanol–water partition coefficient (Wildman–Crippen LogP) is 3.42. The molecule has 2 aliphatic rings. The summed E-state index contributed by atoms with van der Waals surface area (Å²) in [6, 6.07) is 27.8. The topological polar surface area (TPSA) is 146 Å². The van der Waals surface area contributed by atoms with Crippen molar-refractivity contribution in [1.82, 2.24) is 20.6 Å². The molecule has 1 unspecified atom stereocenters. The third kappa shape index (κ3) is 8.27. The number of nitrogens with one attached hydrogen (secondary N) is 3. The van der Waals surface area contributed by atoms with Crippen LogP contribution < -0.4 is 15.8 Å². The number of β-amino-alcohol motifs (C(OH)–C–C–N with tert-alkyl or cyclic N) is 1. The summed E-state index contributed by atoms with van der Waals surface area (Å²) < 4.78 is 4.84. The second-order valence-corrected chi connectivity index (χ2v) is 15.3. The number of alkyl carbamates (subject to hydrolysis) is 1. The molecule has 1 aliphatic carbocycles. The number of carbonyl (C=O) groups is 3. The molecule has 1 aromatic heterocycles. The maximum absolute atomic E-state index is 14.8. The van der Waals surface area contributed by atoms with E-state index in [2.05, 4.69) is 15.7 Å². The third-order valence-electron chi connectivity index (χ3n) is 10.7. The van der Waals surface area contributed by atoms with Crippen molar-refractivity contribution in [3.63, 3.8) is 0 Å². The number of hydrogen-bond acceptors (Lipinski definition) is 7. The van der Waals surface area contributed by atoms with E-state index in [0.29, 0.717) is 18.0 Å². The average Bonchev–Trinajstić information content (AvgIpc) is 3.60. The standard InChI is InChI=1S/C42H49N5O6/c1-41(2,3)37(44-40(52)53-4)38(50)45-46(26-29-14-16-30(17-15-29)31-18-21-43-22-19-31)23-20-42(25-28-10-6-5-7-11-28)35(49)27-47(39(42)51)36-33-13-9-8-12-32(33)24-34(36)48/h5-19,21-22,34-37,48-49H,20,23-27H2,1-4H3,(H,44,52)(H,45,50)/p+1/t34-,35-,36+,37-,42+/m1/s1. The van der Waals surface area contributed by atoms with Crippen molar-refractivity contribution in [2.45, 2.75) is 70.9 Å². The fourth-order valence-electron chi connectivity index (χ4n) is 7.83. The van der Waals surface area contributed by atoms with Crippen molar-refractivity contribution < 1.29 is 34.3 Å². The minimum Gasteiger partial charge on any atom is -0.453 e. The first-order valence-electron chi connectivity index (χ1n) is 18.2. The van der Waals surface area contributed by atoms with Crippen LogP contribution in [0.3, 0.4) is 0 Å². The molecule has 0 saturated carbocycles. The van der Waals surface area contributed by atoms with E-state index in [1.165, 1.54) is 7.11 Å². The lowest BCUT2D eigenvalue weighted by atomic mass is 9.75. The summed E-state index contributed by atoms with van der Waals surface area (Å²) >= 11 is 0. The minimum absolute atomic E-state index is 0.0784. The number of fused-ring (bicyclic) bond motifs is 1. The van der Waals surface area contributed by atoms with Crippen LogP contribution >= 0.6 is 0 Å². The second kappa shape index (κ2) is 15.9. The Morgan fingerprint density at radius 1 is 0.943 bits per heavy atom. The number of likely N-dealkylation sites (tertiary alicyclic amines) is 1. The number of quaternary nitrogens is 1. The highest BCUT2D eigenvalue weighted by atomic mass is 16.5. The number of aromatic nitrogens is 1. The molecular weight excluding hydrogens is 670 g/mol. The highest BCUT2D eigenvalue weighted by molar-refractivity contribution is 5.87. The van der Waals surface area contributed by atoms with Gasteiger partial charge in [-0.15, -0.1) is 0 Å². The molecule has 5 N–H and O–H groups in total. The van der Waals surface area contributed by atoms with E-state index in [4.69, 9.17) is 4.74 Å². The lowest BCUT2D eigenvalue weighted by Gasteiger charge is -2.34. The van der Waals surface area contributed by atoms with Gasteiger partial charge in [-0.1, -0.05) is 99.6 Å². The van der Waals surface area contributed by atoms with E-state index >= 15 is 0 Å². The lowest BCUT2D eigenvalue weighted by molar-refractivity contribution is -0.950. The zero-order valence-electron chi connectivity index (χ0n) is 30.8. The Kier molecular flexibility index (Phi) is 11.3. The number of hydrogen-bond donors (Lipinski definition) is 5. The SMILES string of the molecule is COC(=O)N[C@H](C(=O)N[NH+](CC[C@@]1(Cc2ccccc2)C(=O)N([C@H]2c3ccccc3C[C@H]2O)C[C@H]1O)Cc1ccc(-c2ccncc2)cc1)C(C)(C)C. The first-order chi connectivity index (χ1) is 25.4. The van der Waals surface area contributed by atoms with Gasteiger partial charge in [-0.3, -0.25) is 14.6 Å². The number of methoxy groups -OCH3 is 1. The van der Waals surface area contributed by atoms with Gasteiger partial charge in [0.2, 0.25) is 5.91 Å². The van der Waals surface area contributed by atoms with E-state index < -0.39 is 47.1 Å². The summed E-state index contributed by atoms with van der Waals surface area (Å²) in [7, 11) is 1.25. The molecule has 3 aromatic carbocycles. The molecule has 2 heterocycles. The van der Waals surface area contributed by atoms with Gasteiger partial charge in [0.05, 0.1) is 30.8 Å². The van der Waals surface area contributed by atoms with E-state index in [1.807, 2.05) is 112 Å². The summed E-state index contributed by atoms with van der Waals surface area (Å²) in [5, 5.41) is 26.5. The molecular formula is C42H50N5O6+. The van der Waals surface area contributed by atoms with Crippen LogP contribution in [0.1, 0.15) is 55.5 Å². The molecule has 11 heteroatoms. The molecule has 3 amide bonds. The van der Waals surface area contributed by atoms with Gasteiger partial charge in [0.15, 0.2) is 0 Å². The monoisotopic (exact) mass is 720 g/mol.